The monoisotopic (exact) mass is 389 g/mol. The molecule has 2 N–H and O–H groups in total. The summed E-state index contributed by atoms with van der Waals surface area (Å²) >= 11 is 0. The molecule has 0 saturated carbocycles. The van der Waals surface area contributed by atoms with Crippen LogP contribution in [0.2, 0.25) is 0 Å². The highest BCUT2D eigenvalue weighted by Gasteiger charge is 2.30. The van der Waals surface area contributed by atoms with E-state index in [1.807, 2.05) is 0 Å². The number of hydrogen-bond acceptors (Lipinski definition) is 5. The maximum atomic E-state index is 12.5. The van der Waals surface area contributed by atoms with Crippen molar-refractivity contribution in [2.75, 3.05) is 19.0 Å². The van der Waals surface area contributed by atoms with E-state index in [0.29, 0.717) is 35.3 Å². The van der Waals surface area contributed by atoms with E-state index in [0.717, 1.165) is 6.42 Å². The third-order valence-electron chi connectivity index (χ3n) is 4.32. The summed E-state index contributed by atoms with van der Waals surface area (Å²) in [7, 11) is 1.52. The van der Waals surface area contributed by atoms with Gasteiger partial charge in [0.15, 0.2) is 17.0 Å². The zero-order valence-corrected chi connectivity index (χ0v) is 16.9. The van der Waals surface area contributed by atoms with Crippen LogP contribution in [0.15, 0.2) is 30.6 Å². The average Bonchev–Trinajstić information content (AvgIpc) is 3.10. The summed E-state index contributed by atoms with van der Waals surface area (Å²) in [6, 6.07) is 4.95. The fraction of sp³-hybridized carbons (Fsp3) is 0.450. The highest BCUT2D eigenvalue weighted by molar-refractivity contribution is 6.04. The maximum Gasteiger partial charge on any atom is 0.331 e. The number of ether oxygens (including phenoxy) is 2. The first-order chi connectivity index (χ1) is 13.1. The van der Waals surface area contributed by atoms with E-state index in [4.69, 9.17) is 9.47 Å². The molecule has 0 aliphatic carbocycles. The van der Waals surface area contributed by atoms with Gasteiger partial charge in [-0.2, -0.15) is 5.10 Å². The number of rotatable bonds is 9. The van der Waals surface area contributed by atoms with Crippen molar-refractivity contribution >= 4 is 17.6 Å². The van der Waals surface area contributed by atoms with Crippen LogP contribution in [-0.4, -0.2) is 40.5 Å². The highest BCUT2D eigenvalue weighted by atomic mass is 16.5. The Labute approximate surface area is 164 Å². The van der Waals surface area contributed by atoms with Crippen LogP contribution >= 0.6 is 0 Å². The zero-order valence-electron chi connectivity index (χ0n) is 16.9. The number of nitrogens with one attached hydrogen (secondary N) is 1. The van der Waals surface area contributed by atoms with Crippen molar-refractivity contribution in [3.05, 3.63) is 36.2 Å². The molecule has 0 saturated heterocycles. The molecule has 2 rings (SSSR count). The fourth-order valence-corrected chi connectivity index (χ4v) is 2.33. The molecule has 1 heterocycles. The summed E-state index contributed by atoms with van der Waals surface area (Å²) in [5, 5.41) is 16.0. The summed E-state index contributed by atoms with van der Waals surface area (Å²) < 4.78 is 12.4. The lowest BCUT2D eigenvalue weighted by atomic mass is 10.1. The molecule has 2 aromatic rings. The van der Waals surface area contributed by atoms with E-state index in [-0.39, 0.29) is 5.91 Å². The second kappa shape index (κ2) is 8.77. The predicted octanol–water partition coefficient (Wildman–Crippen LogP) is 3.39. The van der Waals surface area contributed by atoms with Crippen LogP contribution in [0.1, 0.15) is 44.5 Å². The molecule has 8 nitrogen and oxygen atoms in total. The number of carbonyl (C=O) groups is 2. The molecule has 0 aliphatic heterocycles. The van der Waals surface area contributed by atoms with E-state index < -0.39 is 11.5 Å². The van der Waals surface area contributed by atoms with E-state index in [9.17, 15) is 14.7 Å². The number of hydrogen-bond donors (Lipinski definition) is 2. The van der Waals surface area contributed by atoms with Crippen LogP contribution in [0.25, 0.3) is 0 Å². The van der Waals surface area contributed by atoms with Crippen LogP contribution in [0.5, 0.6) is 11.5 Å². The van der Waals surface area contributed by atoms with Gasteiger partial charge in [-0.3, -0.25) is 9.48 Å². The Morgan fingerprint density at radius 3 is 2.61 bits per heavy atom. The molecule has 152 valence electrons. The number of carbonyl (C=O) groups excluding carboxylic acids is 1. The van der Waals surface area contributed by atoms with Gasteiger partial charge in [-0.15, -0.1) is 0 Å². The number of carboxylic acids is 1. The molecule has 1 aromatic heterocycles. The molecule has 0 atom stereocenters. The minimum atomic E-state index is -1.22. The number of benzene rings is 1. The van der Waals surface area contributed by atoms with Crippen molar-refractivity contribution in [3.63, 3.8) is 0 Å². The molecule has 0 unspecified atom stereocenters. The largest absolute Gasteiger partial charge is 0.493 e. The molecular formula is C20H27N3O5. The van der Waals surface area contributed by atoms with Crippen molar-refractivity contribution in [1.29, 1.82) is 0 Å². The first-order valence-electron chi connectivity index (χ1n) is 9.06. The lowest BCUT2D eigenvalue weighted by molar-refractivity contribution is -0.146. The maximum absolute atomic E-state index is 12.5. The van der Waals surface area contributed by atoms with Gasteiger partial charge in [-0.25, -0.2) is 4.79 Å². The lowest BCUT2D eigenvalue weighted by Gasteiger charge is -2.19. The van der Waals surface area contributed by atoms with Gasteiger partial charge in [-0.1, -0.05) is 13.8 Å². The minimum absolute atomic E-state index is 0.361. The van der Waals surface area contributed by atoms with Crippen LogP contribution in [0.4, 0.5) is 5.69 Å². The van der Waals surface area contributed by atoms with Crippen LogP contribution in [0.3, 0.4) is 0 Å². The van der Waals surface area contributed by atoms with Gasteiger partial charge >= 0.3 is 5.97 Å². The summed E-state index contributed by atoms with van der Waals surface area (Å²) in [5.41, 5.74) is -0.435. The average molecular weight is 389 g/mol. The Balaban J connectivity index is 2.10. The molecular weight excluding hydrogens is 362 g/mol. The van der Waals surface area contributed by atoms with Gasteiger partial charge < -0.3 is 19.9 Å². The van der Waals surface area contributed by atoms with Crippen LogP contribution < -0.4 is 14.8 Å². The van der Waals surface area contributed by atoms with Crippen molar-refractivity contribution in [1.82, 2.24) is 9.78 Å². The molecule has 8 heteroatoms. The summed E-state index contributed by atoms with van der Waals surface area (Å²) in [6.07, 6.45) is 3.80. The van der Waals surface area contributed by atoms with E-state index in [1.54, 1.807) is 18.2 Å². The molecule has 0 radical (unpaired) electrons. The Morgan fingerprint density at radius 2 is 2.00 bits per heavy atom. The van der Waals surface area contributed by atoms with Gasteiger partial charge in [-0.05, 0) is 44.4 Å². The Bertz CT molecular complexity index is 842. The first-order valence-corrected chi connectivity index (χ1v) is 9.06. The SMILES string of the molecule is COc1cc(C(=O)Nc2cnn(C(C)(C)C(=O)O)c2)ccc1OCCC(C)C. The van der Waals surface area contributed by atoms with Crippen molar-refractivity contribution in [2.45, 2.75) is 39.7 Å². The summed E-state index contributed by atoms with van der Waals surface area (Å²) in [6.45, 7) is 7.85. The smallest absolute Gasteiger partial charge is 0.331 e. The van der Waals surface area contributed by atoms with Gasteiger partial charge in [0.1, 0.15) is 0 Å². The first kappa shape index (κ1) is 21.3. The Kier molecular flexibility index (Phi) is 6.66. The number of aromatic nitrogens is 2. The van der Waals surface area contributed by atoms with E-state index in [1.165, 1.54) is 38.0 Å². The second-order valence-electron chi connectivity index (χ2n) is 7.39. The predicted molar refractivity (Wildman–Crippen MR) is 105 cm³/mol. The van der Waals surface area contributed by atoms with Crippen LogP contribution in [0, 0.1) is 5.92 Å². The van der Waals surface area contributed by atoms with Crippen molar-refractivity contribution in [3.8, 4) is 11.5 Å². The Morgan fingerprint density at radius 1 is 1.29 bits per heavy atom. The molecule has 0 aliphatic rings. The molecule has 0 bridgehead atoms. The third-order valence-corrected chi connectivity index (χ3v) is 4.32. The number of anilines is 1. The summed E-state index contributed by atoms with van der Waals surface area (Å²) in [4.78, 5) is 23.8. The number of carboxylic acid groups (broad SMARTS) is 1. The lowest BCUT2D eigenvalue weighted by Crippen LogP contribution is -2.35. The quantitative estimate of drug-likeness (QED) is 0.681. The topological polar surface area (TPSA) is 103 Å². The molecule has 28 heavy (non-hydrogen) atoms. The van der Waals surface area contributed by atoms with Gasteiger partial charge in [0.05, 0.1) is 25.6 Å². The number of nitrogens with zero attached hydrogens (tertiary/aromatic N) is 2. The van der Waals surface area contributed by atoms with E-state index in [2.05, 4.69) is 24.3 Å². The second-order valence-corrected chi connectivity index (χ2v) is 7.39. The molecule has 1 aromatic carbocycles. The molecule has 1 amide bonds. The third kappa shape index (κ3) is 5.03. The van der Waals surface area contributed by atoms with Gasteiger partial charge in [0.25, 0.3) is 5.91 Å². The highest BCUT2D eigenvalue weighted by Crippen LogP contribution is 2.29. The van der Waals surface area contributed by atoms with E-state index >= 15 is 0 Å². The molecule has 0 spiro atoms. The minimum Gasteiger partial charge on any atom is -0.493 e. The standard InChI is InChI=1S/C20H27N3O5/c1-13(2)8-9-28-16-7-6-14(10-17(16)27-5)18(24)22-15-11-21-23(12-15)20(3,4)19(25)26/h6-7,10-13H,8-9H2,1-5H3,(H,22,24)(H,25,26). The van der Waals surface area contributed by atoms with Gasteiger partial charge in [0.2, 0.25) is 0 Å². The number of amides is 1. The molecule has 0 fully saturated rings. The fourth-order valence-electron chi connectivity index (χ4n) is 2.33. The zero-order chi connectivity index (χ0) is 20.9. The number of aliphatic carboxylic acids is 1. The normalized spacial score (nSPS) is 11.4. The summed E-state index contributed by atoms with van der Waals surface area (Å²) in [5.74, 6) is 0.198. The van der Waals surface area contributed by atoms with Crippen molar-refractivity contribution in [2.24, 2.45) is 5.92 Å². The Hall–Kier alpha value is -3.03. The number of methoxy groups -OCH3 is 1. The van der Waals surface area contributed by atoms with Crippen LogP contribution in [-0.2, 0) is 10.3 Å². The van der Waals surface area contributed by atoms with Crippen molar-refractivity contribution < 1.29 is 24.2 Å². The van der Waals surface area contributed by atoms with Gasteiger partial charge in [0, 0.05) is 11.8 Å².